The maximum atomic E-state index is 13.0. The number of phenols is 1. The highest BCUT2D eigenvalue weighted by molar-refractivity contribution is 6.23. The van der Waals surface area contributed by atoms with Crippen LogP contribution in [0.4, 0.5) is 0 Å². The van der Waals surface area contributed by atoms with Crippen molar-refractivity contribution in [2.75, 3.05) is 26.4 Å². The number of amides is 4. The highest BCUT2D eigenvalue weighted by atomic mass is 16.5. The zero-order valence-corrected chi connectivity index (χ0v) is 26.8. The smallest absolute Gasteiger partial charge is 0.262 e. The lowest BCUT2D eigenvalue weighted by atomic mass is 9.69. The Kier molecular flexibility index (Phi) is 9.13. The van der Waals surface area contributed by atoms with Crippen LogP contribution < -0.4 is 14.8 Å². The average Bonchev–Trinajstić information content (AvgIpc) is 3.36. The third kappa shape index (κ3) is 6.64. The molecule has 4 aromatic rings. The van der Waals surface area contributed by atoms with Gasteiger partial charge in [-0.15, -0.1) is 0 Å². The molecule has 2 heterocycles. The largest absolute Gasteiger partial charge is 0.508 e. The van der Waals surface area contributed by atoms with Crippen LogP contribution in [0.5, 0.6) is 17.2 Å². The van der Waals surface area contributed by atoms with Crippen LogP contribution in [0.25, 0.3) is 0 Å². The lowest BCUT2D eigenvalue weighted by molar-refractivity contribution is -0.136. The number of phenolic OH excluding ortho intramolecular Hbond substituents is 1. The number of hydrogen-bond acceptors (Lipinski definition) is 8. The van der Waals surface area contributed by atoms with E-state index < -0.39 is 29.7 Å². The van der Waals surface area contributed by atoms with Gasteiger partial charge in [0, 0.05) is 12.3 Å². The van der Waals surface area contributed by atoms with E-state index in [9.17, 15) is 24.3 Å². The summed E-state index contributed by atoms with van der Waals surface area (Å²) in [6.07, 6.45) is 2.08. The second-order valence-electron chi connectivity index (χ2n) is 12.4. The number of benzene rings is 4. The van der Waals surface area contributed by atoms with Crippen molar-refractivity contribution in [1.82, 2.24) is 10.2 Å². The molecule has 49 heavy (non-hydrogen) atoms. The van der Waals surface area contributed by atoms with Crippen LogP contribution in [0, 0.1) is 0 Å². The van der Waals surface area contributed by atoms with Crippen molar-refractivity contribution in [3.05, 3.63) is 124 Å². The Morgan fingerprint density at radius 2 is 1.41 bits per heavy atom. The van der Waals surface area contributed by atoms with Gasteiger partial charge in [0.1, 0.15) is 36.5 Å². The zero-order valence-electron chi connectivity index (χ0n) is 26.8. The van der Waals surface area contributed by atoms with Crippen molar-refractivity contribution in [3.63, 3.8) is 0 Å². The number of ether oxygens (including phenoxy) is 3. The van der Waals surface area contributed by atoms with Gasteiger partial charge in [-0.3, -0.25) is 29.4 Å². The molecule has 10 nitrogen and oxygen atoms in total. The van der Waals surface area contributed by atoms with E-state index in [0.717, 1.165) is 23.5 Å². The molecule has 250 valence electrons. The van der Waals surface area contributed by atoms with Gasteiger partial charge in [-0.2, -0.15) is 0 Å². The molecule has 10 heteroatoms. The number of nitrogens with zero attached hydrogens (tertiary/aromatic N) is 1. The SMILES string of the molecule is O=C1CCC(N2C(=O)c3ccc(OCCOCCOc4ccc([C@@H]5c6ccc(O)cc6CC[C@@H]5c5ccccc5)cc4)cc3C2=O)C(=O)N1. The molecular weight excluding hydrogens is 624 g/mol. The summed E-state index contributed by atoms with van der Waals surface area (Å²) >= 11 is 0. The van der Waals surface area contributed by atoms with Gasteiger partial charge in [-0.25, -0.2) is 0 Å². The van der Waals surface area contributed by atoms with Crippen molar-refractivity contribution >= 4 is 23.6 Å². The Bertz CT molecular complexity index is 1890. The number of aromatic hydroxyl groups is 1. The number of rotatable bonds is 11. The fraction of sp³-hybridized carbons (Fsp3) is 0.282. The van der Waals surface area contributed by atoms with Crippen LogP contribution in [-0.2, 0) is 20.7 Å². The first kappa shape index (κ1) is 32.1. The van der Waals surface area contributed by atoms with Gasteiger partial charge >= 0.3 is 0 Å². The molecule has 1 aliphatic carbocycles. The van der Waals surface area contributed by atoms with Gasteiger partial charge in [0.25, 0.3) is 11.8 Å². The van der Waals surface area contributed by atoms with E-state index >= 15 is 0 Å². The Labute approximate surface area is 283 Å². The minimum absolute atomic E-state index is 0.0638. The fourth-order valence-electron chi connectivity index (χ4n) is 7.13. The third-order valence-electron chi connectivity index (χ3n) is 9.46. The lowest BCUT2D eigenvalue weighted by Crippen LogP contribution is -2.54. The van der Waals surface area contributed by atoms with Gasteiger partial charge in [0.05, 0.1) is 24.3 Å². The van der Waals surface area contributed by atoms with Crippen molar-refractivity contribution in [2.45, 2.75) is 43.6 Å². The molecule has 0 radical (unpaired) electrons. The van der Waals surface area contributed by atoms with Crippen LogP contribution in [0.1, 0.15) is 74.1 Å². The van der Waals surface area contributed by atoms with E-state index in [1.165, 1.54) is 34.4 Å². The predicted octanol–water partition coefficient (Wildman–Crippen LogP) is 5.13. The molecule has 4 aromatic carbocycles. The first-order chi connectivity index (χ1) is 23.9. The molecule has 0 saturated carbocycles. The van der Waals surface area contributed by atoms with Gasteiger partial charge in [-0.05, 0) is 89.9 Å². The highest BCUT2D eigenvalue weighted by Crippen LogP contribution is 2.47. The summed E-state index contributed by atoms with van der Waals surface area (Å²) < 4.78 is 17.4. The van der Waals surface area contributed by atoms with Crippen molar-refractivity contribution in [2.24, 2.45) is 0 Å². The van der Waals surface area contributed by atoms with E-state index in [1.54, 1.807) is 12.1 Å². The molecule has 4 amide bonds. The van der Waals surface area contributed by atoms with Crippen molar-refractivity contribution in [3.8, 4) is 17.2 Å². The Hall–Kier alpha value is -5.48. The van der Waals surface area contributed by atoms with E-state index in [-0.39, 0.29) is 43.1 Å². The Morgan fingerprint density at radius 1 is 0.694 bits per heavy atom. The number of carbonyl (C=O) groups is 4. The van der Waals surface area contributed by atoms with Crippen LogP contribution in [0.2, 0.25) is 0 Å². The molecule has 0 spiro atoms. The summed E-state index contributed by atoms with van der Waals surface area (Å²) in [5, 5.41) is 12.3. The fourth-order valence-corrected chi connectivity index (χ4v) is 7.13. The summed E-state index contributed by atoms with van der Waals surface area (Å²) in [7, 11) is 0. The maximum Gasteiger partial charge on any atom is 0.262 e. The van der Waals surface area contributed by atoms with E-state index in [2.05, 4.69) is 47.8 Å². The number of hydrogen-bond donors (Lipinski definition) is 2. The molecule has 0 aromatic heterocycles. The number of carbonyl (C=O) groups excluding carboxylic acids is 4. The van der Waals surface area contributed by atoms with Crippen LogP contribution in [0.3, 0.4) is 0 Å². The summed E-state index contributed by atoms with van der Waals surface area (Å²) in [6, 6.07) is 28.1. The van der Waals surface area contributed by atoms with E-state index in [1.807, 2.05) is 24.3 Å². The molecule has 1 unspecified atom stereocenters. The zero-order chi connectivity index (χ0) is 33.9. The quantitative estimate of drug-likeness (QED) is 0.167. The second kappa shape index (κ2) is 13.9. The van der Waals surface area contributed by atoms with Gasteiger partial charge in [-0.1, -0.05) is 48.5 Å². The average molecular weight is 661 g/mol. The normalized spacial score (nSPS) is 20.1. The first-order valence-corrected chi connectivity index (χ1v) is 16.5. The summed E-state index contributed by atoms with van der Waals surface area (Å²) in [5.74, 6) is -0.278. The Morgan fingerprint density at radius 3 is 2.16 bits per heavy atom. The van der Waals surface area contributed by atoms with Gasteiger partial charge in [0.2, 0.25) is 11.8 Å². The van der Waals surface area contributed by atoms with Crippen LogP contribution >= 0.6 is 0 Å². The molecule has 2 N–H and O–H groups in total. The summed E-state index contributed by atoms with van der Waals surface area (Å²) in [4.78, 5) is 50.6. The third-order valence-corrected chi connectivity index (χ3v) is 9.46. The molecule has 1 saturated heterocycles. The standard InChI is InChI=1S/C39H36N2O8/c42-27-9-14-31-26(22-27)8-13-30(24-4-2-1-3-5-24)36(31)25-6-10-28(11-7-25)48-20-18-47-19-21-49-29-12-15-32-33(23-29)39(46)41(38(32)45)34-16-17-35(43)40-37(34)44/h1-7,9-12,14-15,22-23,30,34,36,42H,8,13,16-21H2,(H,40,43,44)/t30-,34?,36+/m1/s1. The number of nitrogens with one attached hydrogen (secondary N) is 1. The molecule has 3 aliphatic rings. The van der Waals surface area contributed by atoms with Gasteiger partial charge in [0.15, 0.2) is 0 Å². The van der Waals surface area contributed by atoms with Crippen molar-refractivity contribution < 1.29 is 38.5 Å². The minimum Gasteiger partial charge on any atom is -0.508 e. The van der Waals surface area contributed by atoms with Crippen LogP contribution in [0.15, 0.2) is 91.0 Å². The van der Waals surface area contributed by atoms with Gasteiger partial charge < -0.3 is 19.3 Å². The highest BCUT2D eigenvalue weighted by Gasteiger charge is 2.44. The number of piperidine rings is 1. The predicted molar refractivity (Wildman–Crippen MR) is 179 cm³/mol. The molecular formula is C39H36N2O8. The van der Waals surface area contributed by atoms with Crippen molar-refractivity contribution in [1.29, 1.82) is 0 Å². The van der Waals surface area contributed by atoms with E-state index in [0.29, 0.717) is 30.6 Å². The molecule has 3 atom stereocenters. The number of aryl methyl sites for hydroxylation is 1. The maximum absolute atomic E-state index is 13.0. The van der Waals surface area contributed by atoms with Crippen LogP contribution in [-0.4, -0.2) is 66.1 Å². The summed E-state index contributed by atoms with van der Waals surface area (Å²) in [6.45, 7) is 1.20. The number of imide groups is 2. The first-order valence-electron chi connectivity index (χ1n) is 16.5. The second-order valence-corrected chi connectivity index (χ2v) is 12.4. The topological polar surface area (TPSA) is 131 Å². The Balaban J connectivity index is 0.889. The molecule has 1 fully saturated rings. The summed E-state index contributed by atoms with van der Waals surface area (Å²) in [5.41, 5.74) is 5.30. The minimum atomic E-state index is -1.01. The lowest BCUT2D eigenvalue weighted by Gasteiger charge is -2.34. The monoisotopic (exact) mass is 660 g/mol. The number of fused-ring (bicyclic) bond motifs is 2. The molecule has 0 bridgehead atoms. The molecule has 2 aliphatic heterocycles. The van der Waals surface area contributed by atoms with E-state index in [4.69, 9.17) is 14.2 Å². The molecule has 7 rings (SSSR count).